The van der Waals surface area contributed by atoms with Crippen molar-refractivity contribution in [3.8, 4) is 17.0 Å². The minimum atomic E-state index is 0.189. The number of benzene rings is 2. The van der Waals surface area contributed by atoms with Crippen molar-refractivity contribution in [2.24, 2.45) is 0 Å². The van der Waals surface area contributed by atoms with Crippen molar-refractivity contribution in [3.63, 3.8) is 0 Å². The molecule has 2 heterocycles. The predicted molar refractivity (Wildman–Crippen MR) is 82.6 cm³/mol. The summed E-state index contributed by atoms with van der Waals surface area (Å²) in [5.74, 6) is 0.189. The van der Waals surface area contributed by atoms with Gasteiger partial charge in [0, 0.05) is 11.8 Å². The molecule has 0 saturated carbocycles. The van der Waals surface area contributed by atoms with Gasteiger partial charge in [-0.25, -0.2) is 9.97 Å². The topological polar surface area (TPSA) is 50.4 Å². The Morgan fingerprint density at radius 1 is 0.952 bits per heavy atom. The summed E-state index contributed by atoms with van der Waals surface area (Å²) in [4.78, 5) is 8.85. The van der Waals surface area contributed by atoms with Crippen LogP contribution in [0.1, 0.15) is 0 Å². The van der Waals surface area contributed by atoms with Crippen molar-refractivity contribution in [1.82, 2.24) is 14.4 Å². The number of para-hydroxylation sites is 3. The maximum atomic E-state index is 9.97. The van der Waals surface area contributed by atoms with Gasteiger partial charge in [-0.1, -0.05) is 35.9 Å². The summed E-state index contributed by atoms with van der Waals surface area (Å²) in [6.07, 6.45) is 1.86. The van der Waals surface area contributed by atoms with E-state index in [1.165, 1.54) is 0 Å². The van der Waals surface area contributed by atoms with Crippen LogP contribution in [0.15, 0.2) is 54.7 Å². The summed E-state index contributed by atoms with van der Waals surface area (Å²) in [6.45, 7) is 0. The molecule has 0 bridgehead atoms. The van der Waals surface area contributed by atoms with E-state index in [4.69, 9.17) is 11.6 Å². The molecule has 0 saturated heterocycles. The first-order valence-electron chi connectivity index (χ1n) is 6.46. The van der Waals surface area contributed by atoms with E-state index in [1.807, 2.05) is 47.0 Å². The van der Waals surface area contributed by atoms with Gasteiger partial charge in [-0.2, -0.15) is 0 Å². The Balaban J connectivity index is 2.09. The molecule has 0 aliphatic carbocycles. The molecule has 5 heteroatoms. The smallest absolute Gasteiger partial charge is 0.175 e. The standard InChI is InChI=1S/C16H10ClN3O/c17-15-16-19-12(10-5-1-4-8-14(10)21)9-20(16)13-7-3-2-6-11(13)18-15/h1-9,21H. The van der Waals surface area contributed by atoms with Gasteiger partial charge >= 0.3 is 0 Å². The lowest BCUT2D eigenvalue weighted by atomic mass is 10.1. The zero-order valence-corrected chi connectivity index (χ0v) is 11.6. The Kier molecular flexibility index (Phi) is 2.59. The fraction of sp³-hybridized carbons (Fsp3) is 0. The second-order valence-electron chi connectivity index (χ2n) is 4.73. The van der Waals surface area contributed by atoms with Crippen LogP contribution in [-0.2, 0) is 0 Å². The fourth-order valence-electron chi connectivity index (χ4n) is 2.45. The largest absolute Gasteiger partial charge is 0.507 e. The van der Waals surface area contributed by atoms with Crippen LogP contribution < -0.4 is 0 Å². The third-order valence-electron chi connectivity index (χ3n) is 3.43. The first-order chi connectivity index (χ1) is 10.2. The highest BCUT2D eigenvalue weighted by molar-refractivity contribution is 6.32. The summed E-state index contributed by atoms with van der Waals surface area (Å²) in [7, 11) is 0. The molecule has 2 aromatic carbocycles. The van der Waals surface area contributed by atoms with E-state index >= 15 is 0 Å². The number of imidazole rings is 1. The van der Waals surface area contributed by atoms with E-state index in [0.717, 1.165) is 11.0 Å². The first kappa shape index (κ1) is 12.2. The number of aromatic nitrogens is 3. The average Bonchev–Trinajstić information content (AvgIpc) is 2.94. The SMILES string of the molecule is Oc1ccccc1-c1cn2c(n1)c(Cl)nc1ccccc12. The Bertz CT molecular complexity index is 978. The van der Waals surface area contributed by atoms with Gasteiger partial charge in [-0.3, -0.25) is 4.40 Å². The van der Waals surface area contributed by atoms with Gasteiger partial charge < -0.3 is 5.11 Å². The minimum absolute atomic E-state index is 0.189. The van der Waals surface area contributed by atoms with Crippen molar-refractivity contribution in [1.29, 1.82) is 0 Å². The van der Waals surface area contributed by atoms with Gasteiger partial charge in [-0.15, -0.1) is 0 Å². The molecule has 0 atom stereocenters. The highest BCUT2D eigenvalue weighted by Gasteiger charge is 2.13. The fourth-order valence-corrected chi connectivity index (χ4v) is 2.67. The van der Waals surface area contributed by atoms with E-state index < -0.39 is 0 Å². The summed E-state index contributed by atoms with van der Waals surface area (Å²) in [5, 5.41) is 10.3. The summed E-state index contributed by atoms with van der Waals surface area (Å²) < 4.78 is 1.90. The zero-order valence-electron chi connectivity index (χ0n) is 10.9. The van der Waals surface area contributed by atoms with Gasteiger partial charge in [0.2, 0.25) is 0 Å². The number of phenols is 1. The molecule has 0 aliphatic rings. The molecule has 0 amide bonds. The highest BCUT2D eigenvalue weighted by atomic mass is 35.5. The maximum absolute atomic E-state index is 9.97. The summed E-state index contributed by atoms with van der Waals surface area (Å²) in [6, 6.07) is 14.8. The van der Waals surface area contributed by atoms with Crippen molar-refractivity contribution >= 4 is 28.3 Å². The van der Waals surface area contributed by atoms with Crippen molar-refractivity contribution in [3.05, 3.63) is 59.9 Å². The van der Waals surface area contributed by atoms with Crippen LogP contribution in [0.3, 0.4) is 0 Å². The molecule has 102 valence electrons. The second-order valence-corrected chi connectivity index (χ2v) is 5.09. The normalized spacial score (nSPS) is 11.3. The van der Waals surface area contributed by atoms with E-state index in [2.05, 4.69) is 9.97 Å². The number of hydrogen-bond donors (Lipinski definition) is 1. The number of nitrogens with zero attached hydrogens (tertiary/aromatic N) is 3. The van der Waals surface area contributed by atoms with Crippen LogP contribution >= 0.6 is 11.6 Å². The van der Waals surface area contributed by atoms with Crippen LogP contribution in [0, 0.1) is 0 Å². The Morgan fingerprint density at radius 3 is 2.57 bits per heavy atom. The number of rotatable bonds is 1. The minimum Gasteiger partial charge on any atom is -0.507 e. The Hall–Kier alpha value is -2.59. The number of aromatic hydroxyl groups is 1. The van der Waals surface area contributed by atoms with Crippen molar-refractivity contribution in [2.45, 2.75) is 0 Å². The molecule has 21 heavy (non-hydrogen) atoms. The molecule has 0 aliphatic heterocycles. The molecule has 0 spiro atoms. The number of phenolic OH excluding ortho intramolecular Hbond substituents is 1. The molecule has 0 radical (unpaired) electrons. The molecule has 4 aromatic rings. The first-order valence-corrected chi connectivity index (χ1v) is 6.83. The van der Waals surface area contributed by atoms with Crippen LogP contribution in [0.5, 0.6) is 5.75 Å². The lowest BCUT2D eigenvalue weighted by molar-refractivity contribution is 0.477. The van der Waals surface area contributed by atoms with Gasteiger partial charge in [0.25, 0.3) is 0 Å². The Labute approximate surface area is 125 Å². The second kappa shape index (κ2) is 4.46. The zero-order chi connectivity index (χ0) is 14.4. The quantitative estimate of drug-likeness (QED) is 0.579. The van der Waals surface area contributed by atoms with Crippen LogP contribution in [-0.4, -0.2) is 19.5 Å². The van der Waals surface area contributed by atoms with Gasteiger partial charge in [0.1, 0.15) is 5.75 Å². The lowest BCUT2D eigenvalue weighted by Gasteiger charge is -2.01. The third-order valence-corrected chi connectivity index (χ3v) is 3.68. The molecule has 0 unspecified atom stereocenters. The number of fused-ring (bicyclic) bond motifs is 3. The summed E-state index contributed by atoms with van der Waals surface area (Å²) >= 11 is 6.22. The van der Waals surface area contributed by atoms with E-state index in [1.54, 1.807) is 12.1 Å². The van der Waals surface area contributed by atoms with Crippen LogP contribution in [0.25, 0.3) is 27.9 Å². The van der Waals surface area contributed by atoms with E-state index in [0.29, 0.717) is 22.1 Å². The average molecular weight is 296 g/mol. The maximum Gasteiger partial charge on any atom is 0.175 e. The van der Waals surface area contributed by atoms with Crippen LogP contribution in [0.4, 0.5) is 0 Å². The van der Waals surface area contributed by atoms with Gasteiger partial charge in [0.15, 0.2) is 10.8 Å². The summed E-state index contributed by atoms with van der Waals surface area (Å²) in [5.41, 5.74) is 3.63. The molecule has 4 rings (SSSR count). The molecular weight excluding hydrogens is 286 g/mol. The molecule has 4 nitrogen and oxygen atoms in total. The lowest BCUT2D eigenvalue weighted by Crippen LogP contribution is -1.91. The molecule has 0 fully saturated rings. The van der Waals surface area contributed by atoms with Crippen molar-refractivity contribution < 1.29 is 5.11 Å². The molecule has 1 N–H and O–H groups in total. The molecule has 2 aromatic heterocycles. The van der Waals surface area contributed by atoms with E-state index in [9.17, 15) is 5.11 Å². The monoisotopic (exact) mass is 295 g/mol. The highest BCUT2D eigenvalue weighted by Crippen LogP contribution is 2.30. The third kappa shape index (κ3) is 1.84. The van der Waals surface area contributed by atoms with E-state index in [-0.39, 0.29) is 5.75 Å². The van der Waals surface area contributed by atoms with Gasteiger partial charge in [0.05, 0.1) is 16.7 Å². The molecular formula is C16H10ClN3O. The van der Waals surface area contributed by atoms with Crippen molar-refractivity contribution in [2.75, 3.05) is 0 Å². The van der Waals surface area contributed by atoms with Crippen LogP contribution in [0.2, 0.25) is 5.15 Å². The number of halogens is 1. The number of hydrogen-bond acceptors (Lipinski definition) is 3. The predicted octanol–water partition coefficient (Wildman–Crippen LogP) is 3.91. The van der Waals surface area contributed by atoms with Gasteiger partial charge in [-0.05, 0) is 24.3 Å². The Morgan fingerprint density at radius 2 is 1.71 bits per heavy atom.